The Balaban J connectivity index is 0.00000480. The van der Waals surface area contributed by atoms with Crippen molar-refractivity contribution < 1.29 is 9.53 Å². The number of hydrogen-bond acceptors (Lipinski definition) is 3. The predicted octanol–water partition coefficient (Wildman–Crippen LogP) is 8.70. The summed E-state index contributed by atoms with van der Waals surface area (Å²) in [4.78, 5) is 17.0. The molecule has 0 radical (unpaired) electrons. The van der Waals surface area contributed by atoms with E-state index in [0.717, 1.165) is 18.5 Å². The number of halogens is 5. The Hall–Kier alpha value is -0.970. The molecule has 31 heavy (non-hydrogen) atoms. The highest BCUT2D eigenvalue weighted by Gasteiger charge is 2.18. The molecule has 2 aromatic rings. The third-order valence-corrected chi connectivity index (χ3v) is 5.93. The van der Waals surface area contributed by atoms with Gasteiger partial charge in [-0.2, -0.15) is 0 Å². The summed E-state index contributed by atoms with van der Waals surface area (Å²) in [5.74, 6) is -0.604. The van der Waals surface area contributed by atoms with Crippen molar-refractivity contribution in [1.29, 1.82) is 0 Å². The number of rotatable bonds is 11. The van der Waals surface area contributed by atoms with Crippen molar-refractivity contribution in [3.8, 4) is 0 Å². The fourth-order valence-electron chi connectivity index (χ4n) is 2.90. The van der Waals surface area contributed by atoms with Crippen LogP contribution in [0.4, 0.5) is 0 Å². The summed E-state index contributed by atoms with van der Waals surface area (Å²) in [6.07, 6.45) is 7.20. The molecule has 0 fully saturated rings. The highest BCUT2D eigenvalue weighted by atomic mass is 35.5. The molecule has 2 aromatic carbocycles. The molecule has 170 valence electrons. The van der Waals surface area contributed by atoms with Gasteiger partial charge >= 0.3 is 5.97 Å². The Bertz CT molecular complexity index is 873. The van der Waals surface area contributed by atoms with Gasteiger partial charge in [0.1, 0.15) is 0 Å². The van der Waals surface area contributed by atoms with Crippen LogP contribution in [0.3, 0.4) is 0 Å². The second-order valence-corrected chi connectivity index (χ2v) is 8.64. The lowest BCUT2D eigenvalue weighted by Crippen LogP contribution is -2.14. The second-order valence-electron chi connectivity index (χ2n) is 6.98. The van der Waals surface area contributed by atoms with E-state index in [4.69, 9.17) is 51.1 Å². The number of benzene rings is 2. The van der Waals surface area contributed by atoms with Gasteiger partial charge in [-0.15, -0.1) is 12.4 Å². The molecule has 0 saturated heterocycles. The third kappa shape index (κ3) is 9.59. The molecule has 0 amide bonds. The lowest BCUT2D eigenvalue weighted by atomic mass is 9.97. The highest BCUT2D eigenvalue weighted by molar-refractivity contribution is 6.42. The lowest BCUT2D eigenvalue weighted by molar-refractivity contribution is 0.0482. The van der Waals surface area contributed by atoms with Crippen LogP contribution < -0.4 is 0 Å². The molecule has 0 aliphatic rings. The maximum absolute atomic E-state index is 12.5. The number of carbonyl (C=O) groups is 1. The number of ether oxygens (including phenoxy) is 1. The van der Waals surface area contributed by atoms with E-state index >= 15 is 0 Å². The molecular weight excluding hydrogens is 500 g/mol. The van der Waals surface area contributed by atoms with Gasteiger partial charge in [0.15, 0.2) is 0 Å². The van der Waals surface area contributed by atoms with E-state index in [1.165, 1.54) is 25.3 Å². The minimum absolute atomic E-state index is 0. The fraction of sp³-hybridized carbons (Fsp3) is 0.391. The first-order valence-electron chi connectivity index (χ1n) is 9.97. The number of carbonyl (C=O) groups excluding carboxylic acids is 1. The van der Waals surface area contributed by atoms with Gasteiger partial charge in [-0.25, -0.2) is 4.79 Å². The zero-order chi connectivity index (χ0) is 21.9. The van der Waals surface area contributed by atoms with Gasteiger partial charge in [0.05, 0.1) is 27.2 Å². The van der Waals surface area contributed by atoms with Gasteiger partial charge in [-0.05, 0) is 55.0 Å². The van der Waals surface area contributed by atoms with Crippen molar-refractivity contribution in [3.63, 3.8) is 0 Å². The first kappa shape index (κ1) is 28.1. The molecule has 2 rings (SSSR count). The predicted molar refractivity (Wildman–Crippen MR) is 135 cm³/mol. The summed E-state index contributed by atoms with van der Waals surface area (Å²) in [6.45, 7) is 3.15. The summed E-state index contributed by atoms with van der Waals surface area (Å²) in [7, 11) is 0. The summed E-state index contributed by atoms with van der Waals surface area (Å²) < 4.78 is 5.54. The third-order valence-electron chi connectivity index (χ3n) is 4.64. The molecule has 0 aliphatic heterocycles. The summed E-state index contributed by atoms with van der Waals surface area (Å²) >= 11 is 24.2. The van der Waals surface area contributed by atoms with Crippen LogP contribution in [0.25, 0.3) is 0 Å². The molecule has 1 atom stereocenters. The SMILES string of the molecule is CCCCCCN=CCC(COC(=O)c1ccc(Cl)cc1Cl)c1ccc(Cl)c(Cl)c1.Cl. The van der Waals surface area contributed by atoms with Crippen LogP contribution in [0.15, 0.2) is 41.4 Å². The smallest absolute Gasteiger partial charge is 0.339 e. The number of esters is 1. The maximum atomic E-state index is 12.5. The van der Waals surface area contributed by atoms with E-state index in [-0.39, 0.29) is 35.5 Å². The first-order chi connectivity index (χ1) is 14.4. The monoisotopic (exact) mass is 523 g/mol. The van der Waals surface area contributed by atoms with Gasteiger partial charge in [0.25, 0.3) is 0 Å². The molecule has 3 nitrogen and oxygen atoms in total. The van der Waals surface area contributed by atoms with Gasteiger partial charge in [-0.3, -0.25) is 4.99 Å². The average molecular weight is 526 g/mol. The summed E-state index contributed by atoms with van der Waals surface area (Å²) in [5, 5.41) is 1.66. The zero-order valence-corrected chi connectivity index (χ0v) is 21.1. The Morgan fingerprint density at radius 2 is 1.77 bits per heavy atom. The number of unbranched alkanes of at least 4 members (excludes halogenated alkanes) is 3. The fourth-order valence-corrected chi connectivity index (χ4v) is 3.69. The van der Waals surface area contributed by atoms with Crippen LogP contribution in [-0.2, 0) is 4.74 Å². The molecule has 8 heteroatoms. The minimum atomic E-state index is -0.502. The normalized spacial score (nSPS) is 11.9. The molecule has 1 unspecified atom stereocenters. The summed E-state index contributed by atoms with van der Waals surface area (Å²) in [5.41, 5.74) is 1.20. The molecule has 0 saturated carbocycles. The Morgan fingerprint density at radius 3 is 2.45 bits per heavy atom. The van der Waals surface area contributed by atoms with Gasteiger partial charge in [-0.1, -0.05) is 78.7 Å². The Kier molecular flexibility index (Phi) is 13.6. The van der Waals surface area contributed by atoms with E-state index in [0.29, 0.717) is 21.5 Å². The average Bonchev–Trinajstić information content (AvgIpc) is 2.71. The number of nitrogens with zero attached hydrogens (tertiary/aromatic N) is 1. The molecule has 0 heterocycles. The number of aliphatic imine (C=N–C) groups is 1. The Labute approximate surface area is 210 Å². The van der Waals surface area contributed by atoms with Crippen molar-refractivity contribution in [3.05, 3.63) is 67.6 Å². The minimum Gasteiger partial charge on any atom is -0.461 e. The maximum Gasteiger partial charge on any atom is 0.339 e. The largest absolute Gasteiger partial charge is 0.461 e. The highest BCUT2D eigenvalue weighted by Crippen LogP contribution is 2.29. The van der Waals surface area contributed by atoms with Gasteiger partial charge in [0.2, 0.25) is 0 Å². The van der Waals surface area contributed by atoms with Crippen LogP contribution in [0.1, 0.15) is 60.9 Å². The zero-order valence-electron chi connectivity index (χ0n) is 17.3. The van der Waals surface area contributed by atoms with E-state index < -0.39 is 5.97 Å². The van der Waals surface area contributed by atoms with Crippen LogP contribution in [0, 0.1) is 0 Å². The van der Waals surface area contributed by atoms with Crippen LogP contribution in [0.2, 0.25) is 20.1 Å². The molecular formula is C23H26Cl5NO2. The van der Waals surface area contributed by atoms with Gasteiger partial charge in [0, 0.05) is 17.5 Å². The summed E-state index contributed by atoms with van der Waals surface area (Å²) in [6, 6.07) is 10.1. The van der Waals surface area contributed by atoms with E-state index in [2.05, 4.69) is 11.9 Å². The molecule has 0 spiro atoms. The molecule has 0 bridgehead atoms. The van der Waals surface area contributed by atoms with Crippen molar-refractivity contribution in [2.24, 2.45) is 4.99 Å². The standard InChI is InChI=1S/C23H25Cl4NO2.ClH/c1-2-3-4-5-11-28-12-10-17(16-6-9-20(25)22(27)13-16)15-30-23(29)19-8-7-18(24)14-21(19)26;/h6-9,12-14,17H,2-5,10-11,15H2,1H3;1H. The van der Waals surface area contributed by atoms with Crippen LogP contribution in [0.5, 0.6) is 0 Å². The van der Waals surface area contributed by atoms with Crippen molar-refractivity contribution in [2.45, 2.75) is 44.9 Å². The Morgan fingerprint density at radius 1 is 1.00 bits per heavy atom. The van der Waals surface area contributed by atoms with Crippen molar-refractivity contribution in [2.75, 3.05) is 13.2 Å². The van der Waals surface area contributed by atoms with Crippen molar-refractivity contribution >= 4 is 71.0 Å². The first-order valence-corrected chi connectivity index (χ1v) is 11.5. The van der Waals surface area contributed by atoms with Gasteiger partial charge < -0.3 is 4.74 Å². The van der Waals surface area contributed by atoms with E-state index in [1.807, 2.05) is 12.3 Å². The molecule has 0 aromatic heterocycles. The quantitative estimate of drug-likeness (QED) is 0.167. The van der Waals surface area contributed by atoms with Crippen molar-refractivity contribution in [1.82, 2.24) is 0 Å². The molecule has 0 N–H and O–H groups in total. The number of hydrogen-bond donors (Lipinski definition) is 0. The second kappa shape index (κ2) is 15.0. The lowest BCUT2D eigenvalue weighted by Gasteiger charge is -2.17. The van der Waals surface area contributed by atoms with Crippen LogP contribution in [-0.4, -0.2) is 25.3 Å². The van der Waals surface area contributed by atoms with E-state index in [1.54, 1.807) is 24.3 Å². The van der Waals surface area contributed by atoms with Crippen LogP contribution >= 0.6 is 58.8 Å². The molecule has 0 aliphatic carbocycles. The van der Waals surface area contributed by atoms with E-state index in [9.17, 15) is 4.79 Å². The topological polar surface area (TPSA) is 38.7 Å².